The standard InChI is InChI=1S/C27H17NO6/c29-19-12-21(14-6-2-1-3-7-14)34-26-24-16(11-23(31)33-22(24)13-20(30)25(19)26)17-10-15-8-4-5-9-18(15)28-27(17)32/h1-10,12-13,16,30H,11H2,(H,28,32). The van der Waals surface area contributed by atoms with Gasteiger partial charge in [0.15, 0.2) is 5.43 Å². The summed E-state index contributed by atoms with van der Waals surface area (Å²) in [7, 11) is 0. The number of carbonyl (C=O) groups excluding carboxylic acids is 1. The number of aromatic amines is 1. The molecule has 0 fully saturated rings. The summed E-state index contributed by atoms with van der Waals surface area (Å²) in [6, 6.07) is 20.7. The second-order valence-electron chi connectivity index (χ2n) is 8.22. The zero-order valence-electron chi connectivity index (χ0n) is 17.7. The number of ether oxygens (including phenoxy) is 1. The number of fused-ring (bicyclic) bond motifs is 4. The van der Waals surface area contributed by atoms with Crippen LogP contribution in [0, 0.1) is 0 Å². The Morgan fingerprint density at radius 3 is 2.50 bits per heavy atom. The summed E-state index contributed by atoms with van der Waals surface area (Å²) in [4.78, 5) is 41.4. The SMILES string of the molecule is O=C1CC(c2cc3ccccc3[nH]c2=O)c2c(cc(O)c3c(=O)cc(-c4ccccc4)oc23)O1. The molecule has 0 saturated heterocycles. The molecule has 0 spiro atoms. The van der Waals surface area contributed by atoms with Crippen molar-refractivity contribution in [2.75, 3.05) is 0 Å². The molecular weight excluding hydrogens is 434 g/mol. The van der Waals surface area contributed by atoms with Crippen molar-refractivity contribution in [3.05, 3.63) is 105 Å². The van der Waals surface area contributed by atoms with Crippen LogP contribution in [0.5, 0.6) is 11.5 Å². The minimum absolute atomic E-state index is 0.0291. The van der Waals surface area contributed by atoms with Crippen LogP contribution in [0.2, 0.25) is 0 Å². The third-order valence-corrected chi connectivity index (χ3v) is 6.14. The van der Waals surface area contributed by atoms with E-state index < -0.39 is 17.3 Å². The van der Waals surface area contributed by atoms with Crippen LogP contribution in [0.25, 0.3) is 33.2 Å². The lowest BCUT2D eigenvalue weighted by molar-refractivity contribution is -0.135. The number of phenols is 1. The van der Waals surface area contributed by atoms with E-state index in [9.17, 15) is 19.5 Å². The average Bonchev–Trinajstić information content (AvgIpc) is 2.83. The summed E-state index contributed by atoms with van der Waals surface area (Å²) >= 11 is 0. The Kier molecular flexibility index (Phi) is 4.38. The minimum atomic E-state index is -0.734. The van der Waals surface area contributed by atoms with E-state index in [2.05, 4.69) is 4.98 Å². The number of hydrogen-bond donors (Lipinski definition) is 2. The number of esters is 1. The molecule has 1 unspecified atom stereocenters. The van der Waals surface area contributed by atoms with Crippen LogP contribution in [-0.4, -0.2) is 16.1 Å². The molecule has 1 aliphatic heterocycles. The molecule has 0 radical (unpaired) electrons. The first-order valence-corrected chi connectivity index (χ1v) is 10.7. The molecule has 1 atom stereocenters. The second-order valence-corrected chi connectivity index (χ2v) is 8.22. The minimum Gasteiger partial charge on any atom is -0.507 e. The lowest BCUT2D eigenvalue weighted by Gasteiger charge is -2.25. The van der Waals surface area contributed by atoms with E-state index in [1.165, 1.54) is 12.1 Å². The first-order valence-electron chi connectivity index (χ1n) is 10.7. The number of nitrogens with one attached hydrogen (secondary N) is 1. The van der Waals surface area contributed by atoms with Crippen LogP contribution < -0.4 is 15.7 Å². The monoisotopic (exact) mass is 451 g/mol. The van der Waals surface area contributed by atoms with Crippen molar-refractivity contribution in [2.24, 2.45) is 0 Å². The fourth-order valence-electron chi connectivity index (χ4n) is 4.59. The Balaban J connectivity index is 1.68. The summed E-state index contributed by atoms with van der Waals surface area (Å²) < 4.78 is 11.6. The smallest absolute Gasteiger partial charge is 0.312 e. The maximum absolute atomic E-state index is 13.1. The van der Waals surface area contributed by atoms with E-state index in [4.69, 9.17) is 9.15 Å². The third-order valence-electron chi connectivity index (χ3n) is 6.14. The summed E-state index contributed by atoms with van der Waals surface area (Å²) in [5, 5.41) is 11.4. The topological polar surface area (TPSA) is 110 Å². The molecule has 3 heterocycles. The molecule has 2 aromatic heterocycles. The van der Waals surface area contributed by atoms with Crippen LogP contribution in [0.15, 0.2) is 86.8 Å². The lowest BCUT2D eigenvalue weighted by Crippen LogP contribution is -2.26. The highest BCUT2D eigenvalue weighted by atomic mass is 16.5. The molecule has 0 amide bonds. The number of benzene rings is 3. The Morgan fingerprint density at radius 1 is 0.912 bits per heavy atom. The van der Waals surface area contributed by atoms with Gasteiger partial charge in [0.05, 0.1) is 6.42 Å². The lowest BCUT2D eigenvalue weighted by atomic mass is 9.85. The fourth-order valence-corrected chi connectivity index (χ4v) is 4.59. The molecule has 6 rings (SSSR count). The molecule has 7 nitrogen and oxygen atoms in total. The van der Waals surface area contributed by atoms with Crippen molar-refractivity contribution in [1.82, 2.24) is 4.98 Å². The number of carbonyl (C=O) groups is 1. The number of H-pyrrole nitrogens is 1. The van der Waals surface area contributed by atoms with Gasteiger partial charge in [0.1, 0.15) is 28.2 Å². The van der Waals surface area contributed by atoms with Crippen molar-refractivity contribution >= 4 is 27.8 Å². The first kappa shape index (κ1) is 20.0. The van der Waals surface area contributed by atoms with Crippen molar-refractivity contribution in [3.63, 3.8) is 0 Å². The molecule has 0 saturated carbocycles. The van der Waals surface area contributed by atoms with E-state index >= 15 is 0 Å². The van der Waals surface area contributed by atoms with Crippen molar-refractivity contribution < 1.29 is 19.1 Å². The largest absolute Gasteiger partial charge is 0.507 e. The van der Waals surface area contributed by atoms with Gasteiger partial charge in [-0.15, -0.1) is 0 Å². The van der Waals surface area contributed by atoms with Gasteiger partial charge in [-0.3, -0.25) is 14.4 Å². The highest BCUT2D eigenvalue weighted by Crippen LogP contribution is 2.45. The molecule has 7 heteroatoms. The number of hydrogen-bond acceptors (Lipinski definition) is 6. The Labute approximate surface area is 191 Å². The normalized spacial score (nSPS) is 15.3. The number of rotatable bonds is 2. The highest BCUT2D eigenvalue weighted by Gasteiger charge is 2.35. The van der Waals surface area contributed by atoms with Gasteiger partial charge < -0.3 is 19.2 Å². The predicted molar refractivity (Wildman–Crippen MR) is 126 cm³/mol. The summed E-state index contributed by atoms with van der Waals surface area (Å²) in [6.07, 6.45) is -0.117. The Morgan fingerprint density at radius 2 is 1.68 bits per heavy atom. The number of aromatic nitrogens is 1. The van der Waals surface area contributed by atoms with Crippen molar-refractivity contribution in [3.8, 4) is 22.8 Å². The van der Waals surface area contributed by atoms with Gasteiger partial charge in [0.25, 0.3) is 5.56 Å². The maximum atomic E-state index is 13.1. The summed E-state index contributed by atoms with van der Waals surface area (Å²) in [6.45, 7) is 0. The predicted octanol–water partition coefficient (Wildman–Crippen LogP) is 4.45. The number of phenolic OH excluding ortho intramolecular Hbond substituents is 1. The van der Waals surface area contributed by atoms with Crippen LogP contribution in [0.1, 0.15) is 23.5 Å². The average molecular weight is 451 g/mol. The van der Waals surface area contributed by atoms with Crippen LogP contribution in [0.3, 0.4) is 0 Å². The van der Waals surface area contributed by atoms with E-state index in [1.807, 2.05) is 36.4 Å². The van der Waals surface area contributed by atoms with Gasteiger partial charge in [-0.2, -0.15) is 0 Å². The van der Waals surface area contributed by atoms with Crippen LogP contribution in [0.4, 0.5) is 0 Å². The van der Waals surface area contributed by atoms with E-state index in [1.54, 1.807) is 24.3 Å². The Hall–Kier alpha value is -4.65. The van der Waals surface area contributed by atoms with Crippen molar-refractivity contribution in [2.45, 2.75) is 12.3 Å². The summed E-state index contributed by atoms with van der Waals surface area (Å²) in [5.41, 5.74) is 1.36. The number of aromatic hydroxyl groups is 1. The fraction of sp³-hybridized carbons (Fsp3) is 0.0741. The molecule has 34 heavy (non-hydrogen) atoms. The molecule has 0 bridgehead atoms. The molecule has 0 aliphatic carbocycles. The molecule has 3 aromatic carbocycles. The number of para-hydroxylation sites is 1. The first-order chi connectivity index (χ1) is 16.5. The zero-order valence-corrected chi connectivity index (χ0v) is 17.7. The summed E-state index contributed by atoms with van der Waals surface area (Å²) in [5.74, 6) is -1.28. The van der Waals surface area contributed by atoms with Gasteiger partial charge in [-0.1, -0.05) is 48.5 Å². The van der Waals surface area contributed by atoms with Crippen molar-refractivity contribution in [1.29, 1.82) is 0 Å². The maximum Gasteiger partial charge on any atom is 0.312 e. The molecular formula is C27H17NO6. The van der Waals surface area contributed by atoms with E-state index in [0.29, 0.717) is 28.0 Å². The number of pyridine rings is 1. The third kappa shape index (κ3) is 3.09. The van der Waals surface area contributed by atoms with Crippen LogP contribution in [-0.2, 0) is 4.79 Å². The van der Waals surface area contributed by atoms with E-state index in [0.717, 1.165) is 5.39 Å². The molecule has 1 aliphatic rings. The quantitative estimate of drug-likeness (QED) is 0.303. The van der Waals surface area contributed by atoms with Gasteiger partial charge in [0, 0.05) is 40.3 Å². The van der Waals surface area contributed by atoms with Gasteiger partial charge >= 0.3 is 5.97 Å². The molecule has 166 valence electrons. The van der Waals surface area contributed by atoms with Crippen LogP contribution >= 0.6 is 0 Å². The zero-order chi connectivity index (χ0) is 23.4. The van der Waals surface area contributed by atoms with Gasteiger partial charge in [-0.05, 0) is 17.5 Å². The van der Waals surface area contributed by atoms with Gasteiger partial charge in [-0.25, -0.2) is 0 Å². The molecule has 2 N–H and O–H groups in total. The van der Waals surface area contributed by atoms with Gasteiger partial charge in [0.2, 0.25) is 0 Å². The Bertz CT molecular complexity index is 1730. The molecule has 5 aromatic rings. The van der Waals surface area contributed by atoms with E-state index in [-0.39, 0.29) is 34.4 Å². The highest BCUT2D eigenvalue weighted by molar-refractivity contribution is 5.93. The second kappa shape index (κ2) is 7.45.